The molecule has 5 heteroatoms. The van der Waals surface area contributed by atoms with E-state index in [2.05, 4.69) is 28.2 Å². The largest absolute Gasteiger partial charge is 0.492 e. The predicted octanol–water partition coefficient (Wildman–Crippen LogP) is 4.03. The molecule has 1 aliphatic heterocycles. The van der Waals surface area contributed by atoms with Crippen molar-refractivity contribution in [2.24, 2.45) is 0 Å². The van der Waals surface area contributed by atoms with E-state index in [0.29, 0.717) is 18.2 Å². The standard InChI is InChI=1S/C27H27N3O2/c1-4-19-14-24(22-6-5-12-28-25(22)15-19)27(10-11-27)29-26(31)23-16-21(8-7-18(23)2)32-17-20-9-13-30(20)3/h1,5-8,12,14-16,20H,9-11,13,17H2,2-3H3,(H,29,31). The summed E-state index contributed by atoms with van der Waals surface area (Å²) < 4.78 is 5.99. The van der Waals surface area contributed by atoms with Crippen molar-refractivity contribution in [1.82, 2.24) is 15.2 Å². The van der Waals surface area contributed by atoms with Gasteiger partial charge in [-0.3, -0.25) is 14.7 Å². The summed E-state index contributed by atoms with van der Waals surface area (Å²) >= 11 is 0. The van der Waals surface area contributed by atoms with Gasteiger partial charge in [-0.25, -0.2) is 0 Å². The molecule has 1 aromatic heterocycles. The van der Waals surface area contributed by atoms with Gasteiger partial charge in [-0.05, 0) is 81.2 Å². The van der Waals surface area contributed by atoms with E-state index in [9.17, 15) is 4.79 Å². The van der Waals surface area contributed by atoms with Crippen LogP contribution in [0.5, 0.6) is 5.75 Å². The van der Waals surface area contributed by atoms with Crippen LogP contribution >= 0.6 is 0 Å². The van der Waals surface area contributed by atoms with E-state index in [1.165, 1.54) is 0 Å². The lowest BCUT2D eigenvalue weighted by Crippen LogP contribution is -2.48. The third-order valence-electron chi connectivity index (χ3n) is 6.84. The van der Waals surface area contributed by atoms with E-state index in [0.717, 1.165) is 59.2 Å². The molecule has 162 valence electrons. The summed E-state index contributed by atoms with van der Waals surface area (Å²) in [4.78, 5) is 20.1. The average Bonchev–Trinajstić information content (AvgIpc) is 3.58. The zero-order valence-electron chi connectivity index (χ0n) is 18.5. The molecule has 1 unspecified atom stereocenters. The lowest BCUT2D eigenvalue weighted by atomic mass is 9.96. The predicted molar refractivity (Wildman–Crippen MR) is 126 cm³/mol. The Bertz CT molecular complexity index is 1240. The van der Waals surface area contributed by atoms with E-state index in [-0.39, 0.29) is 5.91 Å². The number of nitrogens with zero attached hydrogens (tertiary/aromatic N) is 2. The van der Waals surface area contributed by atoms with Gasteiger partial charge in [-0.2, -0.15) is 0 Å². The fourth-order valence-corrected chi connectivity index (χ4v) is 4.44. The number of likely N-dealkylation sites (tertiary alicyclic amines) is 1. The molecular weight excluding hydrogens is 398 g/mol. The lowest BCUT2D eigenvalue weighted by Gasteiger charge is -2.37. The van der Waals surface area contributed by atoms with Crippen molar-refractivity contribution in [1.29, 1.82) is 0 Å². The highest BCUT2D eigenvalue weighted by Crippen LogP contribution is 2.48. The number of hydrogen-bond donors (Lipinski definition) is 1. The van der Waals surface area contributed by atoms with Crippen molar-refractivity contribution in [2.45, 2.75) is 37.8 Å². The number of aryl methyl sites for hydroxylation is 1. The maximum atomic E-state index is 13.4. The lowest BCUT2D eigenvalue weighted by molar-refractivity contribution is 0.0767. The minimum Gasteiger partial charge on any atom is -0.492 e. The number of likely N-dealkylation sites (N-methyl/N-ethyl adjacent to an activating group) is 1. The number of rotatable bonds is 6. The van der Waals surface area contributed by atoms with Crippen LogP contribution in [0.15, 0.2) is 48.7 Å². The van der Waals surface area contributed by atoms with Crippen LogP contribution in [-0.2, 0) is 5.54 Å². The zero-order chi connectivity index (χ0) is 22.3. The third-order valence-corrected chi connectivity index (χ3v) is 6.84. The minimum atomic E-state index is -0.414. The van der Waals surface area contributed by atoms with Gasteiger partial charge in [-0.15, -0.1) is 6.42 Å². The Balaban J connectivity index is 1.40. The second kappa shape index (κ2) is 7.96. The highest BCUT2D eigenvalue weighted by atomic mass is 16.5. The normalized spacial score (nSPS) is 19.1. The van der Waals surface area contributed by atoms with E-state index >= 15 is 0 Å². The van der Waals surface area contributed by atoms with Crippen molar-refractivity contribution in [3.63, 3.8) is 0 Å². The van der Waals surface area contributed by atoms with Gasteiger partial charge in [0, 0.05) is 28.8 Å². The van der Waals surface area contributed by atoms with Crippen molar-refractivity contribution in [3.8, 4) is 18.1 Å². The van der Waals surface area contributed by atoms with Gasteiger partial charge < -0.3 is 10.1 Å². The molecule has 1 N–H and O–H groups in total. The minimum absolute atomic E-state index is 0.0886. The number of carbonyl (C=O) groups is 1. The van der Waals surface area contributed by atoms with Crippen LogP contribution in [0.2, 0.25) is 0 Å². The molecule has 2 aliphatic rings. The number of ether oxygens (including phenoxy) is 1. The Hall–Kier alpha value is -3.36. The number of terminal acetylenes is 1. The van der Waals surface area contributed by atoms with Crippen LogP contribution < -0.4 is 10.1 Å². The highest BCUT2D eigenvalue weighted by Gasteiger charge is 2.47. The molecule has 5 nitrogen and oxygen atoms in total. The summed E-state index contributed by atoms with van der Waals surface area (Å²) in [7, 11) is 2.11. The summed E-state index contributed by atoms with van der Waals surface area (Å²) in [6.07, 6.45) is 10.4. The van der Waals surface area contributed by atoms with Crippen LogP contribution in [0, 0.1) is 19.3 Å². The van der Waals surface area contributed by atoms with E-state index in [1.54, 1.807) is 6.20 Å². The second-order valence-electron chi connectivity index (χ2n) is 8.99. The summed E-state index contributed by atoms with van der Waals surface area (Å²) in [6, 6.07) is 14.1. The van der Waals surface area contributed by atoms with Crippen molar-refractivity contribution >= 4 is 16.8 Å². The van der Waals surface area contributed by atoms with Gasteiger partial charge in [0.15, 0.2) is 0 Å². The molecule has 1 atom stereocenters. The molecule has 3 aromatic rings. The molecule has 5 rings (SSSR count). The average molecular weight is 426 g/mol. The number of pyridine rings is 1. The number of nitrogens with one attached hydrogen (secondary N) is 1. The van der Waals surface area contributed by atoms with Crippen molar-refractivity contribution in [2.75, 3.05) is 20.2 Å². The first kappa shape index (κ1) is 20.5. The van der Waals surface area contributed by atoms with Gasteiger partial charge in [-0.1, -0.05) is 18.1 Å². The molecular formula is C27H27N3O2. The van der Waals surface area contributed by atoms with Crippen LogP contribution in [0.3, 0.4) is 0 Å². The third kappa shape index (κ3) is 3.72. The molecule has 1 saturated heterocycles. The molecule has 2 fully saturated rings. The first-order valence-corrected chi connectivity index (χ1v) is 11.1. The monoisotopic (exact) mass is 425 g/mol. The molecule has 2 aromatic carbocycles. The molecule has 0 bridgehead atoms. The zero-order valence-corrected chi connectivity index (χ0v) is 18.5. The number of amides is 1. The number of aromatic nitrogens is 1. The van der Waals surface area contributed by atoms with Gasteiger partial charge >= 0.3 is 0 Å². The van der Waals surface area contributed by atoms with Crippen molar-refractivity contribution in [3.05, 3.63) is 70.9 Å². The van der Waals surface area contributed by atoms with Crippen LogP contribution in [0.25, 0.3) is 10.9 Å². The van der Waals surface area contributed by atoms with E-state index in [1.807, 2.05) is 49.4 Å². The molecule has 32 heavy (non-hydrogen) atoms. The Morgan fingerprint density at radius 3 is 2.84 bits per heavy atom. The highest BCUT2D eigenvalue weighted by molar-refractivity contribution is 5.97. The summed E-state index contributed by atoms with van der Waals surface area (Å²) in [5.41, 5.74) is 3.83. The molecule has 0 radical (unpaired) electrons. The van der Waals surface area contributed by atoms with Crippen LogP contribution in [-0.4, -0.2) is 42.0 Å². The topological polar surface area (TPSA) is 54.5 Å². The Labute approximate surface area is 188 Å². The number of fused-ring (bicyclic) bond motifs is 1. The number of hydrogen-bond acceptors (Lipinski definition) is 4. The first-order chi connectivity index (χ1) is 15.5. The Kier molecular flexibility index (Phi) is 5.11. The fraction of sp³-hybridized carbons (Fsp3) is 0.333. The maximum Gasteiger partial charge on any atom is 0.252 e. The SMILES string of the molecule is C#Cc1cc(C2(NC(=O)c3cc(OCC4CCN4C)ccc3C)CC2)c2cccnc2c1. The maximum absolute atomic E-state index is 13.4. The van der Waals surface area contributed by atoms with Crippen LogP contribution in [0.1, 0.15) is 46.3 Å². The Morgan fingerprint density at radius 2 is 2.16 bits per heavy atom. The number of carbonyl (C=O) groups excluding carboxylic acids is 1. The van der Waals surface area contributed by atoms with E-state index < -0.39 is 5.54 Å². The summed E-state index contributed by atoms with van der Waals surface area (Å²) in [5, 5.41) is 4.34. The molecule has 1 aliphatic carbocycles. The Morgan fingerprint density at radius 1 is 1.31 bits per heavy atom. The smallest absolute Gasteiger partial charge is 0.252 e. The quantitative estimate of drug-likeness (QED) is 0.606. The van der Waals surface area contributed by atoms with Gasteiger partial charge in [0.1, 0.15) is 12.4 Å². The van der Waals surface area contributed by atoms with Gasteiger partial charge in [0.2, 0.25) is 0 Å². The second-order valence-corrected chi connectivity index (χ2v) is 8.99. The first-order valence-electron chi connectivity index (χ1n) is 11.1. The molecule has 1 saturated carbocycles. The fourth-order valence-electron chi connectivity index (χ4n) is 4.44. The summed E-state index contributed by atoms with van der Waals surface area (Å²) in [6.45, 7) is 3.71. The van der Waals surface area contributed by atoms with Gasteiger partial charge in [0.05, 0.1) is 11.1 Å². The summed E-state index contributed by atoms with van der Waals surface area (Å²) in [5.74, 6) is 3.37. The van der Waals surface area contributed by atoms with Crippen LogP contribution in [0.4, 0.5) is 0 Å². The van der Waals surface area contributed by atoms with Gasteiger partial charge in [0.25, 0.3) is 5.91 Å². The number of benzene rings is 2. The molecule has 0 spiro atoms. The molecule has 2 heterocycles. The molecule has 1 amide bonds. The van der Waals surface area contributed by atoms with E-state index in [4.69, 9.17) is 11.2 Å². The van der Waals surface area contributed by atoms with Crippen molar-refractivity contribution < 1.29 is 9.53 Å².